The molecule has 0 aliphatic carbocycles. The van der Waals surface area contributed by atoms with Gasteiger partial charge in [-0.3, -0.25) is 0 Å². The number of aliphatic hydroxyl groups is 3. The molecule has 0 aromatic heterocycles. The minimum absolute atomic E-state index is 0. The van der Waals surface area contributed by atoms with Gasteiger partial charge in [-0.2, -0.15) is 0 Å². The van der Waals surface area contributed by atoms with Gasteiger partial charge in [0, 0.05) is 0 Å². The van der Waals surface area contributed by atoms with Crippen molar-refractivity contribution in [2.75, 3.05) is 19.8 Å². The Morgan fingerprint density at radius 3 is 0.667 bits per heavy atom. The van der Waals surface area contributed by atoms with Gasteiger partial charge < -0.3 is 45.0 Å². The Labute approximate surface area is 231 Å². The van der Waals surface area contributed by atoms with Crippen LogP contribution in [0.4, 0.5) is 0 Å². The molecule has 9 nitrogen and oxygen atoms in total. The average Bonchev–Trinajstić information content (AvgIpc) is 2.19. The molecule has 0 amide bonds. The van der Waals surface area contributed by atoms with Crippen LogP contribution in [0.15, 0.2) is 0 Å². The van der Waals surface area contributed by atoms with Crippen molar-refractivity contribution in [2.24, 2.45) is 0 Å². The van der Waals surface area contributed by atoms with Crippen LogP contribution in [-0.4, -0.2) is 53.0 Å². The fourth-order valence-electron chi connectivity index (χ4n) is 0. The summed E-state index contributed by atoms with van der Waals surface area (Å²) in [7, 11) is 0. The van der Waals surface area contributed by atoms with Crippen LogP contribution in [0.5, 0.6) is 0 Å². The van der Waals surface area contributed by atoms with Crippen molar-refractivity contribution in [3.8, 4) is 0 Å². The number of aliphatic carboxylic acids is 3. The maximum absolute atomic E-state index is 9.01. The molecule has 0 fully saturated rings. The third-order valence-corrected chi connectivity index (χ3v) is 0.387. The molecule has 90 valence electrons. The number of carbonyl (C=O) groups excluding carboxylic acids is 3. The second-order valence-electron chi connectivity index (χ2n) is 1.59. The quantitative estimate of drug-likeness (QED) is 0.419. The van der Waals surface area contributed by atoms with E-state index < -0.39 is 37.7 Å². The maximum atomic E-state index is 9.01. The molecule has 0 saturated carbocycles. The zero-order valence-electron chi connectivity index (χ0n) is 10.4. The summed E-state index contributed by atoms with van der Waals surface area (Å²) in [6.07, 6.45) is 0. The summed E-state index contributed by atoms with van der Waals surface area (Å²) in [4.78, 5) is 27.0. The van der Waals surface area contributed by atoms with Crippen LogP contribution in [0, 0.1) is 0 Å². The third-order valence-electron chi connectivity index (χ3n) is 0.387. The first-order chi connectivity index (χ1) is 6.81. The van der Waals surface area contributed by atoms with Crippen molar-refractivity contribution in [1.82, 2.24) is 0 Å². The zero-order valence-corrected chi connectivity index (χ0v) is 19.8. The summed E-state index contributed by atoms with van der Waals surface area (Å²) < 4.78 is 0. The van der Waals surface area contributed by atoms with Crippen molar-refractivity contribution in [3.63, 3.8) is 0 Å². The Hall–Kier alpha value is 3.20. The summed E-state index contributed by atoms with van der Waals surface area (Å²) in [5.74, 6) is -4.32. The van der Waals surface area contributed by atoms with Crippen LogP contribution in [0.3, 0.4) is 0 Å². The van der Waals surface area contributed by atoms with Gasteiger partial charge in [0.25, 0.3) is 0 Å². The predicted molar refractivity (Wildman–Crippen MR) is 36.3 cm³/mol. The smallest absolute Gasteiger partial charge is 0.548 e. The van der Waals surface area contributed by atoms with E-state index in [-0.39, 0.29) is 154 Å². The van der Waals surface area contributed by atoms with E-state index in [2.05, 4.69) is 0 Å². The van der Waals surface area contributed by atoms with Crippen LogP contribution in [0.25, 0.3) is 0 Å². The van der Waals surface area contributed by atoms with E-state index in [1.165, 1.54) is 0 Å². The molecule has 0 aliphatic heterocycles. The minimum Gasteiger partial charge on any atom is -0.548 e. The fraction of sp³-hybridized carbons (Fsp3) is 0.500. The van der Waals surface area contributed by atoms with Crippen molar-refractivity contribution in [3.05, 3.63) is 0 Å². The molecule has 0 radical (unpaired) electrons. The first-order valence-corrected chi connectivity index (χ1v) is 3.23. The molecule has 0 aliphatic rings. The fourth-order valence-corrected chi connectivity index (χ4v) is 0. The molecule has 18 heavy (non-hydrogen) atoms. The number of aliphatic hydroxyl groups excluding tert-OH is 3. The standard InChI is InChI=1S/3C2H4O3.3K/c3*3-1-2(4)5;;;/h3*3H,1H2,(H,4,5);;;/q;;;3*+1/p-3. The van der Waals surface area contributed by atoms with Gasteiger partial charge in [0.2, 0.25) is 0 Å². The van der Waals surface area contributed by atoms with Gasteiger partial charge in [-0.1, -0.05) is 0 Å². The molecule has 0 spiro atoms. The molecular weight excluding hydrogens is 333 g/mol. The molecular formula is C6H9K3O9. The molecule has 0 rings (SSSR count). The Kier molecular flexibility index (Phi) is 67.0. The SMILES string of the molecule is O=C([O-])CO.O=C([O-])CO.O=C([O-])CO.[K+].[K+].[K+]. The van der Waals surface area contributed by atoms with Gasteiger partial charge in [-0.25, -0.2) is 0 Å². The molecule has 12 heteroatoms. The number of rotatable bonds is 3. The van der Waals surface area contributed by atoms with Crippen LogP contribution in [-0.2, 0) is 14.4 Å². The van der Waals surface area contributed by atoms with Gasteiger partial charge in [0.1, 0.15) is 0 Å². The third kappa shape index (κ3) is 75.1. The normalized spacial score (nSPS) is 6.17. The van der Waals surface area contributed by atoms with Gasteiger partial charge in [-0.15, -0.1) is 0 Å². The molecule has 0 atom stereocenters. The monoisotopic (exact) mass is 342 g/mol. The molecule has 0 aromatic rings. The largest absolute Gasteiger partial charge is 1.00 e. The predicted octanol–water partition coefficient (Wildman–Crippen LogP) is -15.8. The van der Waals surface area contributed by atoms with Gasteiger partial charge in [0.05, 0.1) is 37.7 Å². The van der Waals surface area contributed by atoms with Crippen LogP contribution in [0.2, 0.25) is 0 Å². The maximum Gasteiger partial charge on any atom is 1.00 e. The Balaban J connectivity index is -0.0000000277. The molecule has 0 saturated heterocycles. The van der Waals surface area contributed by atoms with Crippen LogP contribution >= 0.6 is 0 Å². The van der Waals surface area contributed by atoms with Crippen LogP contribution < -0.4 is 169 Å². The molecule has 0 aromatic carbocycles. The first kappa shape index (κ1) is 37.4. The zero-order chi connectivity index (χ0) is 12.9. The van der Waals surface area contributed by atoms with Crippen molar-refractivity contribution >= 4 is 17.9 Å². The summed E-state index contributed by atoms with van der Waals surface area (Å²) in [5.41, 5.74) is 0. The minimum atomic E-state index is -1.44. The van der Waals surface area contributed by atoms with E-state index in [0.29, 0.717) is 0 Å². The van der Waals surface area contributed by atoms with Gasteiger partial charge in [0.15, 0.2) is 0 Å². The van der Waals surface area contributed by atoms with E-state index in [0.717, 1.165) is 0 Å². The van der Waals surface area contributed by atoms with E-state index in [1.54, 1.807) is 0 Å². The topological polar surface area (TPSA) is 181 Å². The van der Waals surface area contributed by atoms with E-state index >= 15 is 0 Å². The number of hydrogen-bond donors (Lipinski definition) is 3. The second kappa shape index (κ2) is 32.2. The van der Waals surface area contributed by atoms with Crippen molar-refractivity contribution < 1.29 is 199 Å². The molecule has 0 heterocycles. The van der Waals surface area contributed by atoms with E-state index in [4.69, 9.17) is 45.0 Å². The average molecular weight is 342 g/mol. The Bertz CT molecular complexity index is 165. The molecule has 0 unspecified atom stereocenters. The second-order valence-corrected chi connectivity index (χ2v) is 1.59. The van der Waals surface area contributed by atoms with Gasteiger partial charge in [-0.05, 0) is 0 Å². The summed E-state index contributed by atoms with van der Waals surface area (Å²) in [5, 5.41) is 49.5. The summed E-state index contributed by atoms with van der Waals surface area (Å²) >= 11 is 0. The van der Waals surface area contributed by atoms with Crippen LogP contribution in [0.1, 0.15) is 0 Å². The van der Waals surface area contributed by atoms with E-state index in [1.807, 2.05) is 0 Å². The summed E-state index contributed by atoms with van der Waals surface area (Å²) in [6, 6.07) is 0. The van der Waals surface area contributed by atoms with E-state index in [9.17, 15) is 0 Å². The number of carboxylic acid groups (broad SMARTS) is 3. The van der Waals surface area contributed by atoms with Crippen molar-refractivity contribution in [1.29, 1.82) is 0 Å². The molecule has 0 bridgehead atoms. The number of carbonyl (C=O) groups is 3. The summed E-state index contributed by atoms with van der Waals surface area (Å²) in [6.45, 7) is -2.67. The first-order valence-electron chi connectivity index (χ1n) is 3.23. The number of carboxylic acids is 3. The van der Waals surface area contributed by atoms with Gasteiger partial charge >= 0.3 is 154 Å². The Morgan fingerprint density at radius 2 is 0.667 bits per heavy atom. The van der Waals surface area contributed by atoms with Crippen molar-refractivity contribution in [2.45, 2.75) is 0 Å². The molecule has 3 N–H and O–H groups in total. The Morgan fingerprint density at radius 1 is 0.611 bits per heavy atom. The number of hydrogen-bond acceptors (Lipinski definition) is 9.